The molecule has 1 aliphatic carbocycles. The van der Waals surface area contributed by atoms with Gasteiger partial charge in [0.05, 0.1) is 34.1 Å². The molecule has 0 aromatic heterocycles. The summed E-state index contributed by atoms with van der Waals surface area (Å²) in [5, 5.41) is 5.95. The standard InChI is InChI=1S/C48H79N9Si/c1-29-30(2)32(4)45(31(29)3)58(46-33(5)42(55(20)21)36(49(8)9)26-39(46)52(14)15,47-34(6)43(56(22)23)37(50(10)11)27-40(47)53(16)17)48-35(7)44(57(24)25)38(51(12)13)28-41(48)54(18)19/h26-28,31H,1-25H3. The molecule has 1 aliphatic rings. The van der Waals surface area contributed by atoms with Gasteiger partial charge in [0.1, 0.15) is 0 Å². The number of allylic oxidation sites excluding steroid dienone is 4. The molecule has 0 heterocycles. The smallest absolute Gasteiger partial charge is 0.184 e. The van der Waals surface area contributed by atoms with Crippen LogP contribution in [0.2, 0.25) is 0 Å². The Morgan fingerprint density at radius 2 is 0.586 bits per heavy atom. The van der Waals surface area contributed by atoms with Crippen molar-refractivity contribution in [3.8, 4) is 0 Å². The van der Waals surface area contributed by atoms with Crippen molar-refractivity contribution in [2.24, 2.45) is 5.92 Å². The number of hydrogen-bond donors (Lipinski definition) is 0. The lowest BCUT2D eigenvalue weighted by Crippen LogP contribution is -2.73. The second-order valence-corrected chi connectivity index (χ2v) is 22.2. The van der Waals surface area contributed by atoms with Crippen molar-refractivity contribution in [2.45, 2.75) is 48.5 Å². The Kier molecular flexibility index (Phi) is 13.3. The number of benzene rings is 3. The van der Waals surface area contributed by atoms with E-state index in [-0.39, 0.29) is 5.92 Å². The highest BCUT2D eigenvalue weighted by Gasteiger charge is 2.55. The van der Waals surface area contributed by atoms with Crippen LogP contribution >= 0.6 is 0 Å². The normalized spacial score (nSPS) is 14.3. The van der Waals surface area contributed by atoms with Crippen LogP contribution in [0.3, 0.4) is 0 Å². The Bertz CT molecular complexity index is 1920. The maximum Gasteiger partial charge on any atom is 0.184 e. The van der Waals surface area contributed by atoms with Gasteiger partial charge >= 0.3 is 0 Å². The molecule has 10 heteroatoms. The third kappa shape index (κ3) is 7.17. The van der Waals surface area contributed by atoms with Crippen LogP contribution in [0.1, 0.15) is 44.4 Å². The van der Waals surface area contributed by atoms with Gasteiger partial charge in [-0.25, -0.2) is 0 Å². The maximum absolute atomic E-state index is 3.48. The van der Waals surface area contributed by atoms with Crippen molar-refractivity contribution in [1.82, 2.24) is 0 Å². The summed E-state index contributed by atoms with van der Waals surface area (Å²) >= 11 is 0. The van der Waals surface area contributed by atoms with Crippen molar-refractivity contribution in [3.63, 3.8) is 0 Å². The fraction of sp³-hybridized carbons (Fsp3) is 0.542. The summed E-state index contributed by atoms with van der Waals surface area (Å²) < 4.78 is 0. The third-order valence-electron chi connectivity index (χ3n) is 12.9. The molecule has 3 aromatic rings. The molecule has 4 rings (SSSR count). The largest absolute Gasteiger partial charge is 0.378 e. The van der Waals surface area contributed by atoms with Crippen LogP contribution in [0.15, 0.2) is 40.1 Å². The molecular formula is C48H79N9Si. The molecule has 0 radical (unpaired) electrons. The van der Waals surface area contributed by atoms with Crippen LogP contribution in [0.25, 0.3) is 0 Å². The monoisotopic (exact) mass is 810 g/mol. The molecule has 0 N–H and O–H groups in total. The predicted molar refractivity (Wildman–Crippen MR) is 267 cm³/mol. The average Bonchev–Trinajstić information content (AvgIpc) is 3.29. The van der Waals surface area contributed by atoms with Gasteiger partial charge in [0, 0.05) is 144 Å². The topological polar surface area (TPSA) is 29.2 Å². The molecule has 0 aliphatic heterocycles. The van der Waals surface area contributed by atoms with Crippen molar-refractivity contribution < 1.29 is 0 Å². The molecule has 9 nitrogen and oxygen atoms in total. The van der Waals surface area contributed by atoms with Crippen molar-refractivity contribution in [2.75, 3.05) is 171 Å². The second kappa shape index (κ2) is 16.7. The highest BCUT2D eigenvalue weighted by molar-refractivity contribution is 7.19. The van der Waals surface area contributed by atoms with Crippen LogP contribution in [0.5, 0.6) is 0 Å². The van der Waals surface area contributed by atoms with Gasteiger partial charge in [-0.3, -0.25) is 0 Å². The van der Waals surface area contributed by atoms with Crippen molar-refractivity contribution >= 4 is 74.8 Å². The molecule has 0 bridgehead atoms. The minimum absolute atomic E-state index is 0.217. The number of anilines is 9. The van der Waals surface area contributed by atoms with Crippen molar-refractivity contribution in [1.29, 1.82) is 0 Å². The summed E-state index contributed by atoms with van der Waals surface area (Å²) in [5.74, 6) is 0.217. The summed E-state index contributed by atoms with van der Waals surface area (Å²) in [4.78, 5) is 21.1. The van der Waals surface area contributed by atoms with E-state index in [4.69, 9.17) is 0 Å². The number of nitrogens with zero attached hydrogens (tertiary/aromatic N) is 9. The quantitative estimate of drug-likeness (QED) is 0.142. The van der Waals surface area contributed by atoms with E-state index in [0.717, 1.165) is 0 Å². The molecule has 1 atom stereocenters. The van der Waals surface area contributed by atoms with Crippen LogP contribution in [-0.4, -0.2) is 135 Å². The molecule has 0 fully saturated rings. The molecule has 0 saturated heterocycles. The first-order valence-corrected chi connectivity index (χ1v) is 22.7. The molecular weight excluding hydrogens is 731 g/mol. The number of rotatable bonds is 13. The van der Waals surface area contributed by atoms with Gasteiger partial charge in [0.25, 0.3) is 0 Å². The minimum atomic E-state index is -3.48. The zero-order valence-corrected chi connectivity index (χ0v) is 42.3. The van der Waals surface area contributed by atoms with E-state index in [9.17, 15) is 0 Å². The Labute approximate surface area is 355 Å². The first kappa shape index (κ1) is 46.2. The Morgan fingerprint density at radius 1 is 0.345 bits per heavy atom. The lowest BCUT2D eigenvalue weighted by atomic mass is 10.0. The van der Waals surface area contributed by atoms with Gasteiger partial charge in [0.15, 0.2) is 8.07 Å². The van der Waals surface area contributed by atoms with Gasteiger partial charge in [-0.1, -0.05) is 23.3 Å². The van der Waals surface area contributed by atoms with Crippen LogP contribution in [-0.2, 0) is 0 Å². The van der Waals surface area contributed by atoms with E-state index in [0.29, 0.717) is 0 Å². The summed E-state index contributed by atoms with van der Waals surface area (Å²) in [6.07, 6.45) is 0. The molecule has 0 saturated carbocycles. The molecule has 58 heavy (non-hydrogen) atoms. The van der Waals surface area contributed by atoms with E-state index in [1.165, 1.54) is 100 Å². The summed E-state index contributed by atoms with van der Waals surface area (Å²) in [7, 11) is 36.4. The van der Waals surface area contributed by atoms with E-state index in [1.807, 2.05) is 0 Å². The van der Waals surface area contributed by atoms with E-state index >= 15 is 0 Å². The Morgan fingerprint density at radius 3 is 0.759 bits per heavy atom. The molecule has 3 aromatic carbocycles. The molecule has 0 spiro atoms. The van der Waals surface area contributed by atoms with Crippen LogP contribution in [0, 0.1) is 26.7 Å². The number of hydrogen-bond acceptors (Lipinski definition) is 9. The lowest BCUT2D eigenvalue weighted by Gasteiger charge is -2.48. The fourth-order valence-electron chi connectivity index (χ4n) is 10.3. The Balaban J connectivity index is 2.78. The first-order valence-electron chi connectivity index (χ1n) is 20.7. The molecule has 1 unspecified atom stereocenters. The fourth-order valence-corrected chi connectivity index (χ4v) is 17.5. The third-order valence-corrected chi connectivity index (χ3v) is 18.7. The molecule has 0 amide bonds. The Hall–Kier alpha value is -4.44. The minimum Gasteiger partial charge on any atom is -0.378 e. The van der Waals surface area contributed by atoms with E-state index in [1.54, 1.807) is 5.20 Å². The van der Waals surface area contributed by atoms with E-state index < -0.39 is 8.07 Å². The summed E-state index contributed by atoms with van der Waals surface area (Å²) in [5.41, 5.74) is 19.6. The highest BCUT2D eigenvalue weighted by Crippen LogP contribution is 2.49. The lowest BCUT2D eigenvalue weighted by molar-refractivity contribution is 0.851. The maximum atomic E-state index is 2.50. The van der Waals surface area contributed by atoms with Crippen LogP contribution in [0.4, 0.5) is 51.2 Å². The van der Waals surface area contributed by atoms with Gasteiger partial charge in [-0.05, 0) is 103 Å². The zero-order valence-electron chi connectivity index (χ0n) is 41.3. The van der Waals surface area contributed by atoms with Gasteiger partial charge in [0.2, 0.25) is 0 Å². The second-order valence-electron chi connectivity index (χ2n) is 18.7. The van der Waals surface area contributed by atoms with Gasteiger partial charge in [-0.15, -0.1) is 0 Å². The van der Waals surface area contributed by atoms with Gasteiger partial charge in [-0.2, -0.15) is 0 Å². The predicted octanol–water partition coefficient (Wildman–Crippen LogP) is 6.52. The summed E-state index contributed by atoms with van der Waals surface area (Å²) in [6, 6.07) is 7.46. The van der Waals surface area contributed by atoms with E-state index in [2.05, 4.69) is 238 Å². The van der Waals surface area contributed by atoms with Crippen LogP contribution < -0.4 is 59.7 Å². The SMILES string of the molecule is CC1=C(C)C(C)C([Si](c2c(N(C)C)cc(N(C)C)c(N(C)C)c2C)(c2c(N(C)C)cc(N(C)C)c(N(C)C)c2C)c2c(N(C)C)cc(N(C)C)c(N(C)C)c2C)=C1C. The molecule has 320 valence electrons. The first-order chi connectivity index (χ1) is 26.7. The summed E-state index contributed by atoms with van der Waals surface area (Å²) in [6.45, 7) is 17.0. The highest BCUT2D eigenvalue weighted by atomic mass is 28.3. The average molecular weight is 810 g/mol. The van der Waals surface area contributed by atoms with Gasteiger partial charge < -0.3 is 44.1 Å². The van der Waals surface area contributed by atoms with Crippen molar-refractivity contribution in [3.05, 3.63) is 56.8 Å². The zero-order chi connectivity index (χ0) is 44.4.